The third kappa shape index (κ3) is 3.52. The quantitative estimate of drug-likeness (QED) is 0.503. The third-order valence-electron chi connectivity index (χ3n) is 4.93. The fourth-order valence-corrected chi connectivity index (χ4v) is 4.31. The van der Waals surface area contributed by atoms with Crippen LogP contribution >= 0.6 is 11.8 Å². The molecule has 0 bridgehead atoms. The van der Waals surface area contributed by atoms with Gasteiger partial charge in [0.25, 0.3) is 5.56 Å². The molecule has 1 aliphatic rings. The lowest BCUT2D eigenvalue weighted by Gasteiger charge is -2.27. The van der Waals surface area contributed by atoms with Gasteiger partial charge in [-0.15, -0.1) is 5.92 Å². The minimum Gasteiger partial charge on any atom is -0.342 e. The van der Waals surface area contributed by atoms with Crippen LogP contribution in [0.2, 0.25) is 0 Å². The lowest BCUT2D eigenvalue weighted by atomic mass is 10.1. The summed E-state index contributed by atoms with van der Waals surface area (Å²) in [6, 6.07) is 9.95. The zero-order chi connectivity index (χ0) is 19.5. The standard InChI is InChI=1S/C21H23N5OS/c1-3-4-15-26-17-18(22-20(26)25-13-9-6-10-14-25)23-21(24(2)19(17)27)28-16-11-7-5-8-12-16/h5,7-8,11-12H,6,9-10,13-15H2,1-2H3. The van der Waals surface area contributed by atoms with Crippen molar-refractivity contribution in [1.82, 2.24) is 19.1 Å². The zero-order valence-electron chi connectivity index (χ0n) is 16.2. The third-order valence-corrected chi connectivity index (χ3v) is 5.99. The van der Waals surface area contributed by atoms with Gasteiger partial charge in [-0.05, 0) is 38.3 Å². The average molecular weight is 394 g/mol. The normalized spacial score (nSPS) is 14.1. The van der Waals surface area contributed by atoms with Gasteiger partial charge in [-0.3, -0.25) is 13.9 Å². The van der Waals surface area contributed by atoms with Gasteiger partial charge in [0.05, 0.1) is 6.54 Å². The molecule has 0 atom stereocenters. The summed E-state index contributed by atoms with van der Waals surface area (Å²) in [4.78, 5) is 26.0. The molecule has 0 amide bonds. The van der Waals surface area contributed by atoms with Crippen LogP contribution in [0.3, 0.4) is 0 Å². The molecule has 0 saturated carbocycles. The van der Waals surface area contributed by atoms with Gasteiger partial charge in [-0.1, -0.05) is 35.9 Å². The largest absolute Gasteiger partial charge is 0.342 e. The number of fused-ring (bicyclic) bond motifs is 1. The Kier molecular flexibility index (Phi) is 5.40. The summed E-state index contributed by atoms with van der Waals surface area (Å²) < 4.78 is 3.54. The SMILES string of the molecule is CC#CCn1c(N2CCCCC2)nc2nc(Sc3ccccc3)n(C)c(=O)c21. The first kappa shape index (κ1) is 18.6. The van der Waals surface area contributed by atoms with E-state index in [1.165, 1.54) is 18.2 Å². The average Bonchev–Trinajstić information content (AvgIpc) is 3.10. The maximum Gasteiger partial charge on any atom is 0.280 e. The molecule has 0 aliphatic carbocycles. The summed E-state index contributed by atoms with van der Waals surface area (Å²) in [5.74, 6) is 6.83. The molecule has 7 heteroatoms. The zero-order valence-corrected chi connectivity index (χ0v) is 17.0. The fourth-order valence-electron chi connectivity index (χ4n) is 3.46. The topological polar surface area (TPSA) is 56.0 Å². The Bertz CT molecular complexity index is 1100. The number of benzene rings is 1. The summed E-state index contributed by atoms with van der Waals surface area (Å²) in [6.45, 7) is 4.16. The molecule has 0 radical (unpaired) electrons. The monoisotopic (exact) mass is 393 g/mol. The molecule has 28 heavy (non-hydrogen) atoms. The Hall–Kier alpha value is -2.72. The van der Waals surface area contributed by atoms with Crippen LogP contribution in [0.5, 0.6) is 0 Å². The van der Waals surface area contributed by atoms with Crippen LogP contribution in [-0.4, -0.2) is 32.2 Å². The van der Waals surface area contributed by atoms with Crippen LogP contribution in [0.15, 0.2) is 45.2 Å². The van der Waals surface area contributed by atoms with Gasteiger partial charge < -0.3 is 4.90 Å². The smallest absolute Gasteiger partial charge is 0.280 e. The Morgan fingerprint density at radius 2 is 1.86 bits per heavy atom. The molecule has 144 valence electrons. The van der Waals surface area contributed by atoms with Gasteiger partial charge in [0.15, 0.2) is 16.3 Å². The lowest BCUT2D eigenvalue weighted by molar-refractivity contribution is 0.561. The first-order valence-corrected chi connectivity index (χ1v) is 10.4. The van der Waals surface area contributed by atoms with E-state index in [1.807, 2.05) is 41.8 Å². The fraction of sp³-hybridized carbons (Fsp3) is 0.381. The molecule has 1 aromatic carbocycles. The lowest BCUT2D eigenvalue weighted by Crippen LogP contribution is -2.32. The van der Waals surface area contributed by atoms with Crippen molar-refractivity contribution in [2.75, 3.05) is 18.0 Å². The summed E-state index contributed by atoms with van der Waals surface area (Å²) in [5, 5.41) is 0.639. The summed E-state index contributed by atoms with van der Waals surface area (Å²) >= 11 is 1.47. The van der Waals surface area contributed by atoms with Crippen molar-refractivity contribution in [3.63, 3.8) is 0 Å². The molecule has 4 rings (SSSR count). The molecule has 3 aromatic rings. The van der Waals surface area contributed by atoms with Crippen molar-refractivity contribution in [1.29, 1.82) is 0 Å². The Morgan fingerprint density at radius 3 is 2.57 bits per heavy atom. The van der Waals surface area contributed by atoms with E-state index >= 15 is 0 Å². The van der Waals surface area contributed by atoms with Crippen LogP contribution in [0.25, 0.3) is 11.2 Å². The summed E-state index contributed by atoms with van der Waals surface area (Å²) in [6.07, 6.45) is 3.52. The molecule has 2 aromatic heterocycles. The Labute approximate surface area is 168 Å². The van der Waals surface area contributed by atoms with Crippen molar-refractivity contribution in [2.24, 2.45) is 7.05 Å². The van der Waals surface area contributed by atoms with Crippen molar-refractivity contribution in [3.05, 3.63) is 40.7 Å². The molecule has 0 spiro atoms. The number of rotatable bonds is 4. The second kappa shape index (κ2) is 8.11. The van der Waals surface area contributed by atoms with Crippen LogP contribution in [0.1, 0.15) is 26.2 Å². The van der Waals surface area contributed by atoms with Gasteiger partial charge in [0.2, 0.25) is 5.95 Å². The van der Waals surface area contributed by atoms with Crippen molar-refractivity contribution < 1.29 is 0 Å². The molecule has 1 saturated heterocycles. The highest BCUT2D eigenvalue weighted by molar-refractivity contribution is 7.99. The summed E-state index contributed by atoms with van der Waals surface area (Å²) in [5.41, 5.74) is 0.945. The van der Waals surface area contributed by atoms with Crippen LogP contribution < -0.4 is 10.5 Å². The van der Waals surface area contributed by atoms with E-state index < -0.39 is 0 Å². The predicted octanol–water partition coefficient (Wildman–Crippen LogP) is 3.29. The first-order valence-electron chi connectivity index (χ1n) is 9.53. The number of nitrogens with zero attached hydrogens (tertiary/aromatic N) is 5. The molecule has 1 fully saturated rings. The Balaban J connectivity index is 1.85. The molecule has 1 aliphatic heterocycles. The van der Waals surface area contributed by atoms with Crippen molar-refractivity contribution in [3.8, 4) is 11.8 Å². The maximum atomic E-state index is 13.2. The molecule has 0 N–H and O–H groups in total. The summed E-state index contributed by atoms with van der Waals surface area (Å²) in [7, 11) is 1.77. The van der Waals surface area contributed by atoms with Gasteiger partial charge in [0, 0.05) is 25.0 Å². The highest BCUT2D eigenvalue weighted by Gasteiger charge is 2.23. The number of anilines is 1. The number of hydrogen-bond donors (Lipinski definition) is 0. The van der Waals surface area contributed by atoms with Crippen LogP contribution in [0, 0.1) is 11.8 Å². The number of hydrogen-bond acceptors (Lipinski definition) is 5. The minimum atomic E-state index is -0.0860. The highest BCUT2D eigenvalue weighted by Crippen LogP contribution is 2.28. The highest BCUT2D eigenvalue weighted by atomic mass is 32.2. The minimum absolute atomic E-state index is 0.0860. The van der Waals surface area contributed by atoms with E-state index in [2.05, 4.69) is 16.7 Å². The van der Waals surface area contributed by atoms with Crippen molar-refractivity contribution in [2.45, 2.75) is 42.8 Å². The predicted molar refractivity (Wildman–Crippen MR) is 113 cm³/mol. The molecule has 6 nitrogen and oxygen atoms in total. The van der Waals surface area contributed by atoms with E-state index in [-0.39, 0.29) is 5.56 Å². The van der Waals surface area contributed by atoms with Crippen molar-refractivity contribution >= 4 is 28.9 Å². The van der Waals surface area contributed by atoms with Gasteiger partial charge >= 0.3 is 0 Å². The van der Waals surface area contributed by atoms with Gasteiger partial charge in [-0.2, -0.15) is 4.98 Å². The maximum absolute atomic E-state index is 13.2. The number of aromatic nitrogens is 4. The number of piperidine rings is 1. The molecular weight excluding hydrogens is 370 g/mol. The van der Waals surface area contributed by atoms with Gasteiger partial charge in [0.1, 0.15) is 0 Å². The van der Waals surface area contributed by atoms with Gasteiger partial charge in [-0.25, -0.2) is 4.98 Å². The molecule has 3 heterocycles. The molecular formula is C21H23N5OS. The second-order valence-electron chi connectivity index (χ2n) is 6.82. The van der Waals surface area contributed by atoms with Crippen LogP contribution in [0.4, 0.5) is 5.95 Å². The van der Waals surface area contributed by atoms with E-state index in [0.29, 0.717) is 22.9 Å². The molecule has 0 unspecified atom stereocenters. The van der Waals surface area contributed by atoms with Crippen LogP contribution in [-0.2, 0) is 13.6 Å². The van der Waals surface area contributed by atoms with E-state index in [4.69, 9.17) is 9.97 Å². The van der Waals surface area contributed by atoms with E-state index in [0.717, 1.165) is 36.8 Å². The number of imidazole rings is 1. The first-order chi connectivity index (χ1) is 13.7. The van der Waals surface area contributed by atoms with E-state index in [1.54, 1.807) is 11.6 Å². The van der Waals surface area contributed by atoms with E-state index in [9.17, 15) is 4.79 Å². The second-order valence-corrected chi connectivity index (χ2v) is 7.86. The Morgan fingerprint density at radius 1 is 1.11 bits per heavy atom.